The van der Waals surface area contributed by atoms with Crippen molar-refractivity contribution in [2.24, 2.45) is 10.4 Å². The van der Waals surface area contributed by atoms with Crippen molar-refractivity contribution in [1.29, 1.82) is 0 Å². The fraction of sp³-hybridized carbons (Fsp3) is 0.905. The Morgan fingerprint density at radius 2 is 1.96 bits per heavy atom. The number of nitrogens with zero attached hydrogens (tertiary/aromatic N) is 4. The smallest absolute Gasteiger partial charge is 0.239 e. The van der Waals surface area contributed by atoms with Gasteiger partial charge in [0.1, 0.15) is 0 Å². The lowest BCUT2D eigenvalue weighted by Crippen LogP contribution is -2.43. The first kappa shape index (κ1) is 20.4. The molecule has 0 radical (unpaired) electrons. The summed E-state index contributed by atoms with van der Waals surface area (Å²) in [6.07, 6.45) is 10.1. The summed E-state index contributed by atoms with van der Waals surface area (Å²) in [5.74, 6) is 1.35. The van der Waals surface area contributed by atoms with Crippen molar-refractivity contribution in [1.82, 2.24) is 20.0 Å². The van der Waals surface area contributed by atoms with Crippen LogP contribution in [0.2, 0.25) is 0 Å². The zero-order chi connectivity index (χ0) is 19.3. The molecule has 1 saturated carbocycles. The number of nitrogens with one attached hydrogen (secondary N) is 1. The van der Waals surface area contributed by atoms with Crippen molar-refractivity contribution in [3.8, 4) is 0 Å². The molecule has 154 valence electrons. The number of amides is 1. The number of hydrogen-bond acceptors (Lipinski definition) is 3. The number of aliphatic imine (C=N–C) groups is 1. The Morgan fingerprint density at radius 3 is 2.67 bits per heavy atom. The highest BCUT2D eigenvalue weighted by atomic mass is 16.2. The molecule has 2 aliphatic heterocycles. The molecule has 1 atom stereocenters. The highest BCUT2D eigenvalue weighted by Crippen LogP contribution is 2.45. The minimum absolute atomic E-state index is 0.0815. The summed E-state index contributed by atoms with van der Waals surface area (Å²) in [6.45, 7) is 8.26. The molecular weight excluding hydrogens is 338 g/mol. The number of hydrogen-bond donors (Lipinski definition) is 1. The van der Waals surface area contributed by atoms with E-state index < -0.39 is 0 Å². The van der Waals surface area contributed by atoms with Gasteiger partial charge in [-0.15, -0.1) is 0 Å². The van der Waals surface area contributed by atoms with E-state index >= 15 is 0 Å². The Kier molecular flexibility index (Phi) is 7.01. The van der Waals surface area contributed by atoms with Gasteiger partial charge in [-0.3, -0.25) is 14.7 Å². The molecule has 2 heterocycles. The van der Waals surface area contributed by atoms with Crippen LogP contribution in [0.25, 0.3) is 0 Å². The molecule has 1 unspecified atom stereocenters. The second-order valence-electron chi connectivity index (χ2n) is 8.89. The van der Waals surface area contributed by atoms with E-state index in [0.29, 0.717) is 5.41 Å². The van der Waals surface area contributed by atoms with Gasteiger partial charge in [0.2, 0.25) is 5.91 Å². The zero-order valence-corrected chi connectivity index (χ0v) is 17.7. The largest absolute Gasteiger partial charge is 0.357 e. The van der Waals surface area contributed by atoms with E-state index in [1.54, 1.807) is 4.90 Å². The molecule has 27 heavy (non-hydrogen) atoms. The van der Waals surface area contributed by atoms with Crippen molar-refractivity contribution < 1.29 is 4.79 Å². The first-order chi connectivity index (χ1) is 13.0. The van der Waals surface area contributed by atoms with E-state index in [0.717, 1.165) is 57.9 Å². The van der Waals surface area contributed by atoms with Crippen LogP contribution in [0.4, 0.5) is 0 Å². The maximum absolute atomic E-state index is 12.3. The summed E-state index contributed by atoms with van der Waals surface area (Å²) in [5.41, 5.74) is 0.575. The number of likely N-dealkylation sites (tertiary alicyclic amines) is 2. The Hall–Kier alpha value is -1.30. The topological polar surface area (TPSA) is 51.2 Å². The second kappa shape index (κ2) is 9.26. The van der Waals surface area contributed by atoms with Gasteiger partial charge in [0, 0.05) is 46.8 Å². The van der Waals surface area contributed by atoms with Crippen LogP contribution in [0.5, 0.6) is 0 Å². The quantitative estimate of drug-likeness (QED) is 0.438. The number of carbonyl (C=O) groups is 1. The molecule has 3 fully saturated rings. The molecule has 3 aliphatic rings. The summed E-state index contributed by atoms with van der Waals surface area (Å²) in [7, 11) is 3.72. The van der Waals surface area contributed by atoms with E-state index in [1.165, 1.54) is 38.6 Å². The molecule has 0 bridgehead atoms. The molecule has 1 amide bonds. The third kappa shape index (κ3) is 4.95. The molecular formula is C21H39N5O. The average Bonchev–Trinajstić information content (AvgIpc) is 3.39. The third-order valence-electron chi connectivity index (χ3n) is 6.69. The van der Waals surface area contributed by atoms with Gasteiger partial charge in [0.05, 0.1) is 6.04 Å². The molecule has 6 heteroatoms. The van der Waals surface area contributed by atoms with Crippen LogP contribution in [0.1, 0.15) is 58.3 Å². The molecule has 0 aromatic rings. The number of likely N-dealkylation sites (N-methyl/N-ethyl adjacent to an activating group) is 1. The van der Waals surface area contributed by atoms with Gasteiger partial charge in [-0.05, 0) is 57.4 Å². The Morgan fingerprint density at radius 1 is 1.19 bits per heavy atom. The maximum atomic E-state index is 12.3. The van der Waals surface area contributed by atoms with Crippen molar-refractivity contribution in [2.75, 3.05) is 53.4 Å². The fourth-order valence-electron chi connectivity index (χ4n) is 5.21. The van der Waals surface area contributed by atoms with Crippen LogP contribution in [-0.2, 0) is 4.79 Å². The van der Waals surface area contributed by atoms with Crippen LogP contribution in [0.3, 0.4) is 0 Å². The minimum Gasteiger partial charge on any atom is -0.357 e. The van der Waals surface area contributed by atoms with Gasteiger partial charge in [0.15, 0.2) is 5.96 Å². The summed E-state index contributed by atoms with van der Waals surface area (Å²) in [6, 6.07) is 0.0815. The first-order valence-corrected chi connectivity index (χ1v) is 11.0. The van der Waals surface area contributed by atoms with E-state index in [2.05, 4.69) is 22.0 Å². The van der Waals surface area contributed by atoms with Crippen molar-refractivity contribution in [2.45, 2.75) is 64.3 Å². The highest BCUT2D eigenvalue weighted by molar-refractivity contribution is 5.81. The summed E-state index contributed by atoms with van der Waals surface area (Å²) >= 11 is 0. The lowest BCUT2D eigenvalue weighted by atomic mass is 9.86. The third-order valence-corrected chi connectivity index (χ3v) is 6.69. The van der Waals surface area contributed by atoms with Crippen molar-refractivity contribution >= 4 is 11.9 Å². The van der Waals surface area contributed by atoms with Gasteiger partial charge in [0.25, 0.3) is 0 Å². The normalized spacial score (nSPS) is 25.5. The predicted octanol–water partition coefficient (Wildman–Crippen LogP) is 2.16. The van der Waals surface area contributed by atoms with E-state index in [9.17, 15) is 4.79 Å². The number of rotatable bonds is 6. The van der Waals surface area contributed by atoms with E-state index in [-0.39, 0.29) is 11.9 Å². The van der Waals surface area contributed by atoms with Crippen LogP contribution < -0.4 is 5.32 Å². The van der Waals surface area contributed by atoms with Gasteiger partial charge < -0.3 is 15.1 Å². The van der Waals surface area contributed by atoms with Gasteiger partial charge in [-0.2, -0.15) is 0 Å². The molecule has 6 nitrogen and oxygen atoms in total. The predicted molar refractivity (Wildman–Crippen MR) is 111 cm³/mol. The average molecular weight is 378 g/mol. The molecule has 1 aliphatic carbocycles. The molecule has 0 aromatic heterocycles. The van der Waals surface area contributed by atoms with Crippen LogP contribution >= 0.6 is 0 Å². The lowest BCUT2D eigenvalue weighted by molar-refractivity contribution is -0.133. The Labute approximate surface area is 165 Å². The minimum atomic E-state index is 0.0815. The van der Waals surface area contributed by atoms with Gasteiger partial charge in [-0.25, -0.2) is 0 Å². The molecule has 0 aromatic carbocycles. The number of carbonyl (C=O) groups excluding carboxylic acids is 1. The summed E-state index contributed by atoms with van der Waals surface area (Å²) in [5, 5.41) is 3.50. The summed E-state index contributed by atoms with van der Waals surface area (Å²) < 4.78 is 0. The van der Waals surface area contributed by atoms with Crippen molar-refractivity contribution in [3.05, 3.63) is 0 Å². The Balaban J connectivity index is 1.48. The molecule has 2 saturated heterocycles. The van der Waals surface area contributed by atoms with E-state index in [1.807, 2.05) is 14.1 Å². The van der Waals surface area contributed by atoms with E-state index in [4.69, 9.17) is 4.99 Å². The van der Waals surface area contributed by atoms with Gasteiger partial charge >= 0.3 is 0 Å². The van der Waals surface area contributed by atoms with Crippen LogP contribution in [0.15, 0.2) is 4.99 Å². The SMILES string of the molecule is CCNC(=NCCCN1CCCC1C(=O)N(C)C)N1CCC2(CCCC2)C1. The second-order valence-corrected chi connectivity index (χ2v) is 8.89. The fourth-order valence-corrected chi connectivity index (χ4v) is 5.21. The van der Waals surface area contributed by atoms with Crippen molar-refractivity contribution in [3.63, 3.8) is 0 Å². The lowest BCUT2D eigenvalue weighted by Gasteiger charge is -2.27. The number of guanidine groups is 1. The highest BCUT2D eigenvalue weighted by Gasteiger charge is 2.41. The monoisotopic (exact) mass is 377 g/mol. The van der Waals surface area contributed by atoms with Gasteiger partial charge in [-0.1, -0.05) is 12.8 Å². The van der Waals surface area contributed by atoms with Crippen LogP contribution in [-0.4, -0.2) is 86.0 Å². The summed E-state index contributed by atoms with van der Waals surface area (Å²) in [4.78, 5) is 23.8. The standard InChI is InChI=1S/C21H39N5O/c1-4-22-20(26-16-12-21(17-26)10-5-6-11-21)23-13-8-15-25-14-7-9-18(25)19(27)24(2)3/h18H,4-17H2,1-3H3,(H,22,23). The molecule has 1 N–H and O–H groups in total. The molecule has 1 spiro atoms. The van der Waals surface area contributed by atoms with Crippen LogP contribution in [0, 0.1) is 5.41 Å². The zero-order valence-electron chi connectivity index (χ0n) is 17.7. The maximum Gasteiger partial charge on any atom is 0.239 e. The molecule has 3 rings (SSSR count). The Bertz CT molecular complexity index is 527. The first-order valence-electron chi connectivity index (χ1n) is 11.0.